The smallest absolute Gasteiger partial charge is 0.305 e. The summed E-state index contributed by atoms with van der Waals surface area (Å²) < 4.78 is 5.48. The highest BCUT2D eigenvalue weighted by Gasteiger charge is 2.20. The molecule has 0 radical (unpaired) electrons. The van der Waals surface area contributed by atoms with Crippen molar-refractivity contribution in [3.63, 3.8) is 0 Å². The molecule has 1 amide bonds. The van der Waals surface area contributed by atoms with E-state index in [2.05, 4.69) is 19.2 Å². The zero-order chi connectivity index (χ0) is 54.3. The van der Waals surface area contributed by atoms with Crippen molar-refractivity contribution in [1.82, 2.24) is 5.32 Å². The number of hydrogen-bond donors (Lipinski definition) is 3. The summed E-state index contributed by atoms with van der Waals surface area (Å²) in [6.45, 7) is 4.99. The molecular formula is C69H137NO5. The number of unbranched alkanes of at least 4 members (excludes halogenated alkanes) is 55. The fourth-order valence-electron chi connectivity index (χ4n) is 11.4. The minimum absolute atomic E-state index is 0.0208. The predicted molar refractivity (Wildman–Crippen MR) is 329 cm³/mol. The molecule has 0 rings (SSSR count). The minimum Gasteiger partial charge on any atom is -0.466 e. The van der Waals surface area contributed by atoms with E-state index in [0.29, 0.717) is 25.9 Å². The maximum absolute atomic E-state index is 12.5. The topological polar surface area (TPSA) is 95.9 Å². The molecule has 0 aliphatic rings. The molecule has 0 bridgehead atoms. The zero-order valence-corrected chi connectivity index (χ0v) is 51.3. The molecule has 0 spiro atoms. The Balaban J connectivity index is 3.32. The summed E-state index contributed by atoms with van der Waals surface area (Å²) in [5.41, 5.74) is 0. The van der Waals surface area contributed by atoms with Crippen LogP contribution in [0.4, 0.5) is 0 Å². The molecule has 0 heterocycles. The average Bonchev–Trinajstić information content (AvgIpc) is 3.41. The van der Waals surface area contributed by atoms with E-state index in [9.17, 15) is 19.8 Å². The monoisotopic (exact) mass is 1060 g/mol. The Kier molecular flexibility index (Phi) is 64.4. The van der Waals surface area contributed by atoms with Crippen LogP contribution < -0.4 is 5.32 Å². The highest BCUT2D eigenvalue weighted by atomic mass is 16.5. The van der Waals surface area contributed by atoms with E-state index in [4.69, 9.17) is 4.74 Å². The number of rotatable bonds is 66. The van der Waals surface area contributed by atoms with Crippen LogP contribution in [0.15, 0.2) is 0 Å². The lowest BCUT2D eigenvalue weighted by Crippen LogP contribution is -2.45. The molecule has 2 unspecified atom stereocenters. The summed E-state index contributed by atoms with van der Waals surface area (Å²) in [7, 11) is 0. The summed E-state index contributed by atoms with van der Waals surface area (Å²) in [5, 5.41) is 23.4. The lowest BCUT2D eigenvalue weighted by Gasteiger charge is -2.22. The van der Waals surface area contributed by atoms with Crippen molar-refractivity contribution in [3.8, 4) is 0 Å². The van der Waals surface area contributed by atoms with Gasteiger partial charge in [0.1, 0.15) is 0 Å². The van der Waals surface area contributed by atoms with Crippen LogP contribution in [0.1, 0.15) is 406 Å². The van der Waals surface area contributed by atoms with Crippen molar-refractivity contribution in [2.75, 3.05) is 13.2 Å². The van der Waals surface area contributed by atoms with Crippen LogP contribution in [0.5, 0.6) is 0 Å². The van der Waals surface area contributed by atoms with Crippen LogP contribution >= 0.6 is 0 Å². The molecule has 0 aliphatic heterocycles. The Morgan fingerprint density at radius 1 is 0.320 bits per heavy atom. The normalized spacial score (nSPS) is 12.4. The third-order valence-electron chi connectivity index (χ3n) is 16.7. The van der Waals surface area contributed by atoms with Gasteiger partial charge in [0.25, 0.3) is 0 Å². The maximum Gasteiger partial charge on any atom is 0.305 e. The molecule has 2 atom stereocenters. The van der Waals surface area contributed by atoms with Crippen LogP contribution in [0.2, 0.25) is 0 Å². The van der Waals surface area contributed by atoms with Crippen LogP contribution in [0.3, 0.4) is 0 Å². The molecule has 0 aliphatic carbocycles. The second-order valence-corrected chi connectivity index (χ2v) is 24.2. The number of aliphatic hydroxyl groups is 2. The van der Waals surface area contributed by atoms with Crippen LogP contribution in [-0.4, -0.2) is 47.4 Å². The summed E-state index contributed by atoms with van der Waals surface area (Å²) >= 11 is 0. The first kappa shape index (κ1) is 73.9. The van der Waals surface area contributed by atoms with Gasteiger partial charge < -0.3 is 20.3 Å². The summed E-state index contributed by atoms with van der Waals surface area (Å²) in [5.74, 6) is -0.00582. The lowest BCUT2D eigenvalue weighted by atomic mass is 10.0. The molecule has 75 heavy (non-hydrogen) atoms. The first-order valence-corrected chi connectivity index (χ1v) is 34.8. The van der Waals surface area contributed by atoms with Crippen molar-refractivity contribution < 1.29 is 24.5 Å². The van der Waals surface area contributed by atoms with E-state index in [1.807, 2.05) is 0 Å². The molecular weight excluding hydrogens is 923 g/mol. The van der Waals surface area contributed by atoms with Gasteiger partial charge in [0.05, 0.1) is 25.4 Å². The fourth-order valence-corrected chi connectivity index (χ4v) is 11.4. The quantitative estimate of drug-likeness (QED) is 0.0417. The fraction of sp³-hybridized carbons (Fsp3) is 0.971. The number of nitrogens with one attached hydrogen (secondary N) is 1. The largest absolute Gasteiger partial charge is 0.466 e. The number of amides is 1. The van der Waals surface area contributed by atoms with Crippen molar-refractivity contribution in [2.45, 2.75) is 418 Å². The standard InChI is InChI=1S/C69H137NO5/c1-3-5-7-9-11-13-15-16-17-32-35-38-42-45-49-53-57-61-67(72)66(65-71)70-68(73)62-58-54-50-46-43-39-36-33-30-28-26-24-22-20-18-19-21-23-25-27-29-31-34-37-40-44-48-52-56-60-64-75-69(74)63-59-55-51-47-41-14-12-10-8-6-4-2/h66-67,71-72H,3-65H2,1-2H3,(H,70,73). The number of carbonyl (C=O) groups is 2. The SMILES string of the molecule is CCCCCCCCCCCCCCCCCCCC(O)C(CO)NC(=O)CCCCCCCCCCCCCCCCCCCCCCCCCCCCCCCCOC(=O)CCCCCCCCCCCCC. The Labute approximate surface area is 470 Å². The second kappa shape index (κ2) is 65.4. The Morgan fingerprint density at radius 2 is 0.547 bits per heavy atom. The molecule has 0 saturated heterocycles. The van der Waals surface area contributed by atoms with Crippen LogP contribution in [0, 0.1) is 0 Å². The van der Waals surface area contributed by atoms with Gasteiger partial charge in [-0.15, -0.1) is 0 Å². The molecule has 3 N–H and O–H groups in total. The second-order valence-electron chi connectivity index (χ2n) is 24.2. The van der Waals surface area contributed by atoms with Gasteiger partial charge in [-0.25, -0.2) is 0 Å². The third-order valence-corrected chi connectivity index (χ3v) is 16.7. The van der Waals surface area contributed by atoms with Crippen molar-refractivity contribution in [1.29, 1.82) is 0 Å². The van der Waals surface area contributed by atoms with Crippen molar-refractivity contribution >= 4 is 11.9 Å². The van der Waals surface area contributed by atoms with Gasteiger partial charge >= 0.3 is 5.97 Å². The van der Waals surface area contributed by atoms with Gasteiger partial charge in [0, 0.05) is 12.8 Å². The van der Waals surface area contributed by atoms with E-state index in [1.165, 1.54) is 334 Å². The molecule has 0 aromatic carbocycles. The van der Waals surface area contributed by atoms with E-state index in [0.717, 1.165) is 38.5 Å². The highest BCUT2D eigenvalue weighted by Crippen LogP contribution is 2.19. The van der Waals surface area contributed by atoms with Gasteiger partial charge in [-0.2, -0.15) is 0 Å². The first-order valence-electron chi connectivity index (χ1n) is 34.8. The Hall–Kier alpha value is -1.14. The molecule has 0 aromatic heterocycles. The van der Waals surface area contributed by atoms with Gasteiger partial charge in [0.15, 0.2) is 0 Å². The number of esters is 1. The van der Waals surface area contributed by atoms with Gasteiger partial charge in [-0.1, -0.05) is 367 Å². The molecule has 448 valence electrons. The predicted octanol–water partition coefficient (Wildman–Crippen LogP) is 22.2. The van der Waals surface area contributed by atoms with Gasteiger partial charge in [-0.05, 0) is 25.7 Å². The van der Waals surface area contributed by atoms with Crippen molar-refractivity contribution in [2.24, 2.45) is 0 Å². The van der Waals surface area contributed by atoms with E-state index in [-0.39, 0.29) is 18.5 Å². The van der Waals surface area contributed by atoms with E-state index in [1.54, 1.807) is 0 Å². The van der Waals surface area contributed by atoms with Crippen molar-refractivity contribution in [3.05, 3.63) is 0 Å². The first-order chi connectivity index (χ1) is 37.0. The van der Waals surface area contributed by atoms with Crippen LogP contribution in [-0.2, 0) is 14.3 Å². The molecule has 0 aromatic rings. The lowest BCUT2D eigenvalue weighted by molar-refractivity contribution is -0.143. The zero-order valence-electron chi connectivity index (χ0n) is 51.3. The number of carbonyl (C=O) groups excluding carboxylic acids is 2. The Morgan fingerprint density at radius 3 is 0.813 bits per heavy atom. The summed E-state index contributed by atoms with van der Waals surface area (Å²) in [6, 6.07) is -0.537. The number of ether oxygens (including phenoxy) is 1. The summed E-state index contributed by atoms with van der Waals surface area (Å²) in [4.78, 5) is 24.5. The maximum atomic E-state index is 12.5. The average molecular weight is 1060 g/mol. The van der Waals surface area contributed by atoms with Gasteiger partial charge in [0.2, 0.25) is 5.91 Å². The summed E-state index contributed by atoms with van der Waals surface area (Å²) in [6.07, 6.45) is 78.7. The molecule has 6 heteroatoms. The highest BCUT2D eigenvalue weighted by molar-refractivity contribution is 5.76. The molecule has 0 saturated carbocycles. The minimum atomic E-state index is -0.660. The van der Waals surface area contributed by atoms with Crippen LogP contribution in [0.25, 0.3) is 0 Å². The van der Waals surface area contributed by atoms with E-state index >= 15 is 0 Å². The third kappa shape index (κ3) is 61.9. The van der Waals surface area contributed by atoms with E-state index < -0.39 is 12.1 Å². The Bertz CT molecular complexity index is 1080. The van der Waals surface area contributed by atoms with Gasteiger partial charge in [-0.3, -0.25) is 9.59 Å². The molecule has 6 nitrogen and oxygen atoms in total. The number of hydrogen-bond acceptors (Lipinski definition) is 5. The molecule has 0 fully saturated rings. The number of aliphatic hydroxyl groups excluding tert-OH is 2.